The number of nitriles is 1. The van der Waals surface area contributed by atoms with E-state index < -0.39 is 0 Å². The molecule has 0 radical (unpaired) electrons. The molecule has 0 unspecified atom stereocenters. The molecule has 0 amide bonds. The molecule has 0 spiro atoms. The van der Waals surface area contributed by atoms with Gasteiger partial charge in [-0.3, -0.25) is 0 Å². The summed E-state index contributed by atoms with van der Waals surface area (Å²) >= 11 is 0. The lowest BCUT2D eigenvalue weighted by molar-refractivity contribution is 0.381. The van der Waals surface area contributed by atoms with Crippen LogP contribution in [0, 0.1) is 17.2 Å². The summed E-state index contributed by atoms with van der Waals surface area (Å²) < 4.78 is 2.05. The number of hydrogen-bond acceptors (Lipinski definition) is 7. The molecule has 1 saturated heterocycles. The van der Waals surface area contributed by atoms with Crippen molar-refractivity contribution in [2.45, 2.75) is 19.4 Å². The maximum atomic E-state index is 9.09. The number of benzene rings is 1. The molecule has 1 aromatic carbocycles. The first-order chi connectivity index (χ1) is 15.7. The van der Waals surface area contributed by atoms with Gasteiger partial charge in [-0.05, 0) is 55.6 Å². The zero-order valence-corrected chi connectivity index (χ0v) is 18.6. The fourth-order valence-corrected chi connectivity index (χ4v) is 4.09. The van der Waals surface area contributed by atoms with E-state index in [1.54, 1.807) is 12.4 Å². The molecule has 1 aliphatic rings. The van der Waals surface area contributed by atoms with Crippen LogP contribution in [0.25, 0.3) is 0 Å². The standard InChI is InChI=1S/C24H30N8/c1-30-19-27-17-23(30)18-32(22-5-3-20(15-25)4-6-22)14-11-26-16-21-7-12-31(13-8-21)24-28-9-2-10-29-24/h2-6,9-10,17,19,21,26H,7-8,11-14,16,18H2,1H3. The van der Waals surface area contributed by atoms with Gasteiger partial charge in [0.25, 0.3) is 0 Å². The summed E-state index contributed by atoms with van der Waals surface area (Å²) in [6.07, 6.45) is 9.66. The number of aryl methyl sites for hydroxylation is 1. The summed E-state index contributed by atoms with van der Waals surface area (Å²) in [6.45, 7) is 5.60. The van der Waals surface area contributed by atoms with E-state index >= 15 is 0 Å². The minimum atomic E-state index is 0.676. The first kappa shape index (κ1) is 21.8. The van der Waals surface area contributed by atoms with E-state index in [0.717, 1.165) is 69.4 Å². The Morgan fingerprint density at radius 3 is 2.56 bits per heavy atom. The molecule has 0 aliphatic carbocycles. The molecule has 1 aliphatic heterocycles. The molecule has 0 saturated carbocycles. The third kappa shape index (κ3) is 5.62. The van der Waals surface area contributed by atoms with Crippen LogP contribution < -0.4 is 15.1 Å². The first-order valence-corrected chi connectivity index (χ1v) is 11.2. The van der Waals surface area contributed by atoms with Gasteiger partial charge < -0.3 is 19.7 Å². The zero-order valence-electron chi connectivity index (χ0n) is 18.6. The number of anilines is 2. The van der Waals surface area contributed by atoms with E-state index in [-0.39, 0.29) is 0 Å². The summed E-state index contributed by atoms with van der Waals surface area (Å²) in [4.78, 5) is 17.6. The summed E-state index contributed by atoms with van der Waals surface area (Å²) in [5, 5.41) is 12.8. The van der Waals surface area contributed by atoms with Crippen LogP contribution >= 0.6 is 0 Å². The van der Waals surface area contributed by atoms with Gasteiger partial charge in [-0.1, -0.05) is 0 Å². The molecule has 1 N–H and O–H groups in total. The molecule has 4 rings (SSSR count). The number of imidazole rings is 1. The van der Waals surface area contributed by atoms with Crippen molar-refractivity contribution in [2.24, 2.45) is 13.0 Å². The Labute approximate surface area is 189 Å². The summed E-state index contributed by atoms with van der Waals surface area (Å²) in [5.41, 5.74) is 2.95. The predicted octanol–water partition coefficient (Wildman–Crippen LogP) is 2.59. The Morgan fingerprint density at radius 1 is 1.16 bits per heavy atom. The van der Waals surface area contributed by atoms with Crippen LogP contribution in [0.15, 0.2) is 55.2 Å². The topological polar surface area (TPSA) is 85.9 Å². The Kier molecular flexibility index (Phi) is 7.31. The molecule has 2 aromatic heterocycles. The lowest BCUT2D eigenvalue weighted by atomic mass is 9.97. The molecule has 8 heteroatoms. The zero-order chi connectivity index (χ0) is 22.2. The van der Waals surface area contributed by atoms with E-state index in [0.29, 0.717) is 11.5 Å². The van der Waals surface area contributed by atoms with Crippen molar-refractivity contribution in [1.29, 1.82) is 5.26 Å². The highest BCUT2D eigenvalue weighted by molar-refractivity contribution is 5.50. The molecule has 0 bridgehead atoms. The van der Waals surface area contributed by atoms with E-state index in [2.05, 4.69) is 36.1 Å². The highest BCUT2D eigenvalue weighted by atomic mass is 15.2. The molecule has 0 atom stereocenters. The number of hydrogen-bond donors (Lipinski definition) is 1. The molecule has 32 heavy (non-hydrogen) atoms. The minimum absolute atomic E-state index is 0.676. The largest absolute Gasteiger partial charge is 0.364 e. The lowest BCUT2D eigenvalue weighted by Crippen LogP contribution is -2.39. The highest BCUT2D eigenvalue weighted by Gasteiger charge is 2.20. The van der Waals surface area contributed by atoms with Crippen LogP contribution in [0.1, 0.15) is 24.1 Å². The minimum Gasteiger partial charge on any atom is -0.364 e. The SMILES string of the molecule is Cn1cncc1CN(CCNCC1CCN(c2ncccn2)CC1)c1ccc(C#N)cc1. The maximum Gasteiger partial charge on any atom is 0.225 e. The predicted molar refractivity (Wildman–Crippen MR) is 125 cm³/mol. The van der Waals surface area contributed by atoms with Crippen LogP contribution in [0.2, 0.25) is 0 Å². The fourth-order valence-electron chi connectivity index (χ4n) is 4.09. The van der Waals surface area contributed by atoms with Crippen LogP contribution in [0.5, 0.6) is 0 Å². The number of nitrogens with one attached hydrogen (secondary N) is 1. The number of nitrogens with zero attached hydrogens (tertiary/aromatic N) is 7. The summed E-state index contributed by atoms with van der Waals surface area (Å²) in [6, 6.07) is 11.9. The monoisotopic (exact) mass is 430 g/mol. The second kappa shape index (κ2) is 10.7. The van der Waals surface area contributed by atoms with E-state index in [1.165, 1.54) is 0 Å². The first-order valence-electron chi connectivity index (χ1n) is 11.2. The highest BCUT2D eigenvalue weighted by Crippen LogP contribution is 2.20. The van der Waals surface area contributed by atoms with Gasteiger partial charge in [-0.15, -0.1) is 0 Å². The number of aromatic nitrogens is 4. The normalized spacial score (nSPS) is 14.3. The Bertz CT molecular complexity index is 1000. The number of rotatable bonds is 9. The molecule has 166 valence electrons. The van der Waals surface area contributed by atoms with Gasteiger partial charge in [0.15, 0.2) is 0 Å². The van der Waals surface area contributed by atoms with Crippen LogP contribution in [0.3, 0.4) is 0 Å². The number of piperidine rings is 1. The summed E-state index contributed by atoms with van der Waals surface area (Å²) in [5.74, 6) is 1.52. The van der Waals surface area contributed by atoms with Crippen molar-refractivity contribution in [1.82, 2.24) is 24.8 Å². The van der Waals surface area contributed by atoms with Crippen molar-refractivity contribution >= 4 is 11.6 Å². The maximum absolute atomic E-state index is 9.09. The lowest BCUT2D eigenvalue weighted by Gasteiger charge is -2.32. The van der Waals surface area contributed by atoms with Gasteiger partial charge in [0.2, 0.25) is 5.95 Å². The Balaban J connectivity index is 1.27. The van der Waals surface area contributed by atoms with Crippen molar-refractivity contribution in [3.63, 3.8) is 0 Å². The Morgan fingerprint density at radius 2 is 1.91 bits per heavy atom. The third-order valence-corrected chi connectivity index (χ3v) is 6.07. The third-order valence-electron chi connectivity index (χ3n) is 6.07. The smallest absolute Gasteiger partial charge is 0.225 e. The van der Waals surface area contributed by atoms with Crippen LogP contribution in [-0.4, -0.2) is 52.2 Å². The molecule has 3 aromatic rings. The molecule has 3 heterocycles. The van der Waals surface area contributed by atoms with E-state index in [4.69, 9.17) is 5.26 Å². The van der Waals surface area contributed by atoms with Crippen molar-refractivity contribution in [3.05, 3.63) is 66.5 Å². The van der Waals surface area contributed by atoms with Gasteiger partial charge in [0.1, 0.15) is 0 Å². The van der Waals surface area contributed by atoms with Gasteiger partial charge in [-0.2, -0.15) is 5.26 Å². The second-order valence-electron chi connectivity index (χ2n) is 8.26. The average Bonchev–Trinajstić information content (AvgIpc) is 3.26. The Hall–Kier alpha value is -3.44. The fraction of sp³-hybridized carbons (Fsp3) is 0.417. The molecule has 8 nitrogen and oxygen atoms in total. The summed E-state index contributed by atoms with van der Waals surface area (Å²) in [7, 11) is 2.02. The van der Waals surface area contributed by atoms with E-state index in [1.807, 2.05) is 54.5 Å². The van der Waals surface area contributed by atoms with Gasteiger partial charge in [0.05, 0.1) is 30.2 Å². The van der Waals surface area contributed by atoms with Crippen molar-refractivity contribution < 1.29 is 0 Å². The van der Waals surface area contributed by atoms with Crippen LogP contribution in [0.4, 0.5) is 11.6 Å². The van der Waals surface area contributed by atoms with Gasteiger partial charge in [-0.25, -0.2) is 15.0 Å². The quantitative estimate of drug-likeness (QED) is 0.522. The van der Waals surface area contributed by atoms with Crippen molar-refractivity contribution in [2.75, 3.05) is 42.5 Å². The second-order valence-corrected chi connectivity index (χ2v) is 8.26. The van der Waals surface area contributed by atoms with Crippen LogP contribution in [-0.2, 0) is 13.6 Å². The van der Waals surface area contributed by atoms with E-state index in [9.17, 15) is 0 Å². The van der Waals surface area contributed by atoms with Crippen molar-refractivity contribution in [3.8, 4) is 6.07 Å². The molecular weight excluding hydrogens is 400 g/mol. The molecular formula is C24H30N8. The molecule has 1 fully saturated rings. The van der Waals surface area contributed by atoms with Gasteiger partial charge in [0, 0.05) is 57.5 Å². The average molecular weight is 431 g/mol. The van der Waals surface area contributed by atoms with Gasteiger partial charge >= 0.3 is 0 Å².